The molecule has 2 N–H and O–H groups in total. The molecular formula is C11H24N2O2. The lowest BCUT2D eigenvalue weighted by Gasteiger charge is -2.15. The Bertz CT molecular complexity index is 225. The molecule has 0 spiro atoms. The highest BCUT2D eigenvalue weighted by Gasteiger charge is 2.13. The summed E-state index contributed by atoms with van der Waals surface area (Å²) in [5, 5.41) is 22.4. The molecule has 0 aliphatic rings. The zero-order valence-electron chi connectivity index (χ0n) is 10.9. The van der Waals surface area contributed by atoms with Crippen molar-refractivity contribution in [2.45, 2.75) is 48.5 Å². The minimum atomic E-state index is 0.00868. The van der Waals surface area contributed by atoms with Gasteiger partial charge in [0.25, 0.3) is 0 Å². The first-order chi connectivity index (χ1) is 6.66. The van der Waals surface area contributed by atoms with Crippen LogP contribution in [0.3, 0.4) is 0 Å². The van der Waals surface area contributed by atoms with Crippen LogP contribution in [-0.4, -0.2) is 21.8 Å². The summed E-state index contributed by atoms with van der Waals surface area (Å²) in [5.41, 5.74) is 1.55. The Labute approximate surface area is 92.7 Å². The maximum atomic E-state index is 8.26. The van der Waals surface area contributed by atoms with Gasteiger partial charge in [-0.05, 0) is 19.8 Å². The standard InChI is InChI=1S/C6H13NO.C5H11NO/c1-5(7-8)6(2,3)4;1-4(2)5(3)6-7/h8H,1-4H3;4,7H,1-3H3/b7-5+;6-5+. The zero-order valence-corrected chi connectivity index (χ0v) is 10.9. The highest BCUT2D eigenvalue weighted by Crippen LogP contribution is 2.14. The van der Waals surface area contributed by atoms with Gasteiger partial charge in [-0.3, -0.25) is 0 Å². The van der Waals surface area contributed by atoms with Gasteiger partial charge in [0.05, 0.1) is 11.4 Å². The van der Waals surface area contributed by atoms with E-state index in [2.05, 4.69) is 10.3 Å². The Kier molecular flexibility index (Phi) is 7.92. The molecule has 0 atom stereocenters. The largest absolute Gasteiger partial charge is 0.411 e. The van der Waals surface area contributed by atoms with E-state index in [4.69, 9.17) is 10.4 Å². The summed E-state index contributed by atoms with van der Waals surface area (Å²) < 4.78 is 0. The van der Waals surface area contributed by atoms with Crippen molar-refractivity contribution >= 4 is 11.4 Å². The molecule has 15 heavy (non-hydrogen) atoms. The molecule has 0 aromatic carbocycles. The zero-order chi connectivity index (χ0) is 12.6. The molecule has 90 valence electrons. The van der Waals surface area contributed by atoms with Crippen molar-refractivity contribution in [1.82, 2.24) is 0 Å². The Hall–Kier alpha value is -1.06. The predicted molar refractivity (Wildman–Crippen MR) is 64.1 cm³/mol. The van der Waals surface area contributed by atoms with Gasteiger partial charge < -0.3 is 10.4 Å². The van der Waals surface area contributed by atoms with Crippen LogP contribution >= 0.6 is 0 Å². The minimum Gasteiger partial charge on any atom is -0.411 e. The monoisotopic (exact) mass is 216 g/mol. The van der Waals surface area contributed by atoms with Crippen LogP contribution in [0, 0.1) is 11.3 Å². The molecule has 4 nitrogen and oxygen atoms in total. The van der Waals surface area contributed by atoms with Crippen LogP contribution < -0.4 is 0 Å². The molecule has 0 radical (unpaired) electrons. The van der Waals surface area contributed by atoms with Gasteiger partial charge in [0, 0.05) is 5.41 Å². The first kappa shape index (κ1) is 16.4. The first-order valence-corrected chi connectivity index (χ1v) is 5.04. The van der Waals surface area contributed by atoms with E-state index in [0.717, 1.165) is 11.4 Å². The summed E-state index contributed by atoms with van der Waals surface area (Å²) in [5.74, 6) is 0.366. The maximum Gasteiger partial charge on any atom is 0.0593 e. The molecule has 0 unspecified atom stereocenters. The van der Waals surface area contributed by atoms with Gasteiger partial charge in [-0.2, -0.15) is 0 Å². The molecule has 4 heteroatoms. The maximum absolute atomic E-state index is 8.26. The average Bonchev–Trinajstić information content (AvgIpc) is 2.14. The lowest BCUT2D eigenvalue weighted by atomic mass is 9.91. The lowest BCUT2D eigenvalue weighted by Crippen LogP contribution is -2.16. The van der Waals surface area contributed by atoms with E-state index >= 15 is 0 Å². The van der Waals surface area contributed by atoms with Crippen LogP contribution in [0.25, 0.3) is 0 Å². The number of hydrogen-bond donors (Lipinski definition) is 2. The first-order valence-electron chi connectivity index (χ1n) is 5.04. The van der Waals surface area contributed by atoms with Gasteiger partial charge in [0.1, 0.15) is 0 Å². The lowest BCUT2D eigenvalue weighted by molar-refractivity contribution is 0.310. The molecular weight excluding hydrogens is 192 g/mol. The van der Waals surface area contributed by atoms with Crippen molar-refractivity contribution in [1.29, 1.82) is 0 Å². The number of hydrogen-bond acceptors (Lipinski definition) is 4. The van der Waals surface area contributed by atoms with Gasteiger partial charge in [-0.15, -0.1) is 0 Å². The quantitative estimate of drug-likeness (QED) is 0.401. The van der Waals surface area contributed by atoms with Crippen molar-refractivity contribution in [3.8, 4) is 0 Å². The highest BCUT2D eigenvalue weighted by molar-refractivity contribution is 5.86. The normalized spacial score (nSPS) is 13.6. The second kappa shape index (κ2) is 7.26. The van der Waals surface area contributed by atoms with Crippen LogP contribution in [0.4, 0.5) is 0 Å². The van der Waals surface area contributed by atoms with E-state index in [9.17, 15) is 0 Å². The number of rotatable bonds is 1. The molecule has 0 aromatic heterocycles. The SMILES string of the molecule is C/C(=N\O)C(C)(C)C.C/C(=N\O)C(C)C. The van der Waals surface area contributed by atoms with Crippen LogP contribution in [0.15, 0.2) is 10.3 Å². The van der Waals surface area contributed by atoms with Crippen LogP contribution in [-0.2, 0) is 0 Å². The summed E-state index contributed by atoms with van der Waals surface area (Å²) in [6, 6.07) is 0. The molecule has 0 aliphatic heterocycles. The Morgan fingerprint density at radius 2 is 1.40 bits per heavy atom. The van der Waals surface area contributed by atoms with Crippen molar-refractivity contribution in [3.63, 3.8) is 0 Å². The van der Waals surface area contributed by atoms with Gasteiger partial charge in [0.2, 0.25) is 0 Å². The second-order valence-corrected chi connectivity index (χ2v) is 4.83. The topological polar surface area (TPSA) is 65.2 Å². The summed E-state index contributed by atoms with van der Waals surface area (Å²) in [7, 11) is 0. The van der Waals surface area contributed by atoms with E-state index in [-0.39, 0.29) is 5.41 Å². The van der Waals surface area contributed by atoms with Crippen LogP contribution in [0.2, 0.25) is 0 Å². The third-order valence-electron chi connectivity index (χ3n) is 2.23. The molecule has 0 saturated carbocycles. The molecule has 0 rings (SSSR count). The van der Waals surface area contributed by atoms with E-state index in [0.29, 0.717) is 5.92 Å². The molecule has 0 fully saturated rings. The van der Waals surface area contributed by atoms with Crippen molar-refractivity contribution in [2.75, 3.05) is 0 Å². The van der Waals surface area contributed by atoms with E-state index in [1.54, 1.807) is 13.8 Å². The summed E-state index contributed by atoms with van der Waals surface area (Å²) in [6.07, 6.45) is 0. The van der Waals surface area contributed by atoms with Crippen molar-refractivity contribution in [2.24, 2.45) is 21.6 Å². The molecule has 0 aromatic rings. The van der Waals surface area contributed by atoms with Gasteiger partial charge in [-0.25, -0.2) is 0 Å². The van der Waals surface area contributed by atoms with E-state index < -0.39 is 0 Å². The molecule has 0 bridgehead atoms. The fourth-order valence-corrected chi connectivity index (χ4v) is 0.265. The molecule has 0 heterocycles. The Balaban J connectivity index is 0. The third kappa shape index (κ3) is 9.25. The number of nitrogens with zero attached hydrogens (tertiary/aromatic N) is 2. The van der Waals surface area contributed by atoms with Crippen molar-refractivity contribution in [3.05, 3.63) is 0 Å². The molecule has 0 aliphatic carbocycles. The summed E-state index contributed by atoms with van der Waals surface area (Å²) in [4.78, 5) is 0. The van der Waals surface area contributed by atoms with Gasteiger partial charge >= 0.3 is 0 Å². The average molecular weight is 216 g/mol. The fourth-order valence-electron chi connectivity index (χ4n) is 0.265. The highest BCUT2D eigenvalue weighted by atomic mass is 16.4. The third-order valence-corrected chi connectivity index (χ3v) is 2.23. The van der Waals surface area contributed by atoms with E-state index in [1.165, 1.54) is 0 Å². The smallest absolute Gasteiger partial charge is 0.0593 e. The van der Waals surface area contributed by atoms with Gasteiger partial charge in [0.15, 0.2) is 0 Å². The molecule has 0 amide bonds. The Morgan fingerprint density at radius 1 is 1.00 bits per heavy atom. The van der Waals surface area contributed by atoms with Crippen LogP contribution in [0.5, 0.6) is 0 Å². The number of oxime groups is 2. The molecule has 0 saturated heterocycles. The van der Waals surface area contributed by atoms with Crippen molar-refractivity contribution < 1.29 is 10.4 Å². The van der Waals surface area contributed by atoms with E-state index in [1.807, 2.05) is 34.6 Å². The summed E-state index contributed by atoms with van der Waals surface area (Å²) in [6.45, 7) is 13.6. The summed E-state index contributed by atoms with van der Waals surface area (Å²) >= 11 is 0. The van der Waals surface area contributed by atoms with Gasteiger partial charge in [-0.1, -0.05) is 44.9 Å². The second-order valence-electron chi connectivity index (χ2n) is 4.83. The van der Waals surface area contributed by atoms with Crippen LogP contribution in [0.1, 0.15) is 48.5 Å². The fraction of sp³-hybridized carbons (Fsp3) is 0.818. The minimum absolute atomic E-state index is 0.00868. The Morgan fingerprint density at radius 3 is 1.40 bits per heavy atom. The predicted octanol–water partition coefficient (Wildman–Crippen LogP) is 3.38.